The molecule has 0 bridgehead atoms. The van der Waals surface area contributed by atoms with Gasteiger partial charge in [0.1, 0.15) is 72.4 Å². The lowest BCUT2D eigenvalue weighted by atomic mass is 10.00. The predicted octanol–water partition coefficient (Wildman–Crippen LogP) is 39.7. The molecule has 0 amide bonds. The van der Waals surface area contributed by atoms with Crippen LogP contribution in [0, 0.1) is 0 Å². The van der Waals surface area contributed by atoms with Gasteiger partial charge in [-0.2, -0.15) is 0 Å². The van der Waals surface area contributed by atoms with Gasteiger partial charge in [-0.3, -0.25) is 0 Å². The highest BCUT2D eigenvalue weighted by Crippen LogP contribution is 2.51. The van der Waals surface area contributed by atoms with Crippen LogP contribution in [0.3, 0.4) is 0 Å². The van der Waals surface area contributed by atoms with Crippen molar-refractivity contribution in [2.24, 2.45) is 0 Å². The van der Waals surface area contributed by atoms with Crippen LogP contribution in [-0.2, 0) is 0 Å². The maximum Gasteiger partial charge on any atom is 0.227 e. The Balaban J connectivity index is 0.000000101. The lowest BCUT2D eigenvalue weighted by Crippen LogP contribution is -2.09. The average molecular weight is 1940 g/mol. The first-order valence-electron chi connectivity index (χ1n) is 50.1. The van der Waals surface area contributed by atoms with Gasteiger partial charge in [0, 0.05) is 170 Å². The van der Waals surface area contributed by atoms with E-state index in [2.05, 4.69) is 312 Å². The maximum atomic E-state index is 6.50. The minimum absolute atomic E-state index is 0.620. The standard InChI is InChI=1S/2C45H26N2O3.C45H26N2O2S/c1-2-8-28(9-3-1)45-46-38-23-16-27-14-15-29-24-30(17-20-33(29)43(27)44(38)50-45)47(31-18-21-36-34-10-4-6-12-39(34)48-41(36)25-31)32-19-22-37-35-11-5-7-13-40(35)49-42(37)26-32;1-2-8-28(9-3-1)45-46-38-21-16-27-14-15-29-24-30(17-20-33(29)43(27)44(38)50-45)47(31-18-22-41-36(25-31)34-10-4-6-12-39(34)48-41)32-19-23-42-37(26-32)35-11-5-7-13-40(35)49-42;1-2-8-28(9-3-1)45-46-38-22-16-27-14-15-29-24-30(17-20-33(29)43(27)44(38)49-45)47(31-19-23-40-37(25-31)34-10-4-6-12-39(34)48-40)32-18-21-36-35-11-5-7-13-41(35)50-42(36)26-32/h3*1-26H. The van der Waals surface area contributed by atoms with Crippen molar-refractivity contribution in [2.45, 2.75) is 0 Å². The molecule has 9 heterocycles. The van der Waals surface area contributed by atoms with Gasteiger partial charge in [0.05, 0.1) is 0 Å². The number of nitrogens with zero attached hydrogens (tertiary/aromatic N) is 6. The highest BCUT2D eigenvalue weighted by molar-refractivity contribution is 7.25. The second-order valence-corrected chi connectivity index (χ2v) is 39.4. The number of para-hydroxylation sites is 5. The number of anilines is 9. The molecule has 14 nitrogen and oxygen atoms in total. The molecule has 150 heavy (non-hydrogen) atoms. The van der Waals surface area contributed by atoms with E-state index >= 15 is 0 Å². The van der Waals surface area contributed by atoms with Gasteiger partial charge >= 0.3 is 0 Å². The van der Waals surface area contributed by atoms with Crippen molar-refractivity contribution in [3.05, 3.63) is 473 Å². The number of furan rings is 5. The number of hydrogen-bond acceptors (Lipinski definition) is 15. The van der Waals surface area contributed by atoms with Crippen molar-refractivity contribution in [2.75, 3.05) is 14.7 Å². The highest BCUT2D eigenvalue weighted by atomic mass is 32.1. The predicted molar refractivity (Wildman–Crippen MR) is 617 cm³/mol. The first-order valence-corrected chi connectivity index (χ1v) is 50.9. The quantitative estimate of drug-likeness (QED) is 0.107. The Kier molecular flexibility index (Phi) is 19.0. The number of thiophene rings is 1. The van der Waals surface area contributed by atoms with E-state index in [4.69, 9.17) is 50.3 Å². The Bertz CT molecular complexity index is 11100. The third-order valence-electron chi connectivity index (χ3n) is 29.6. The molecule has 0 aliphatic rings. The van der Waals surface area contributed by atoms with Crippen molar-refractivity contribution in [1.82, 2.24) is 15.0 Å². The lowest BCUT2D eigenvalue weighted by molar-refractivity contribution is 0.623. The zero-order chi connectivity index (χ0) is 98.3. The van der Waals surface area contributed by atoms with Crippen LogP contribution in [0.4, 0.5) is 51.2 Å². The molecule has 0 saturated heterocycles. The van der Waals surface area contributed by atoms with E-state index in [0.29, 0.717) is 17.7 Å². The van der Waals surface area contributed by atoms with Gasteiger partial charge in [0.15, 0.2) is 16.7 Å². The van der Waals surface area contributed by atoms with Gasteiger partial charge in [-0.15, -0.1) is 11.3 Å². The minimum atomic E-state index is 0.620. The molecule has 0 aliphatic heterocycles. The third kappa shape index (κ3) is 13.9. The second kappa shape index (κ2) is 33.7. The van der Waals surface area contributed by atoms with Crippen molar-refractivity contribution < 1.29 is 35.3 Å². The summed E-state index contributed by atoms with van der Waals surface area (Å²) in [6, 6.07) is 165. The Morgan fingerprint density at radius 1 is 0.153 bits per heavy atom. The summed E-state index contributed by atoms with van der Waals surface area (Å²) in [5.41, 5.74) is 25.8. The fourth-order valence-corrected chi connectivity index (χ4v) is 23.7. The molecular formula is C135H78N6O8S. The Morgan fingerprint density at radius 3 is 0.747 bits per heavy atom. The van der Waals surface area contributed by atoms with E-state index in [1.807, 2.05) is 187 Å². The summed E-state index contributed by atoms with van der Waals surface area (Å²) in [7, 11) is 0. The molecule has 0 N–H and O–H groups in total. The molecule has 24 aromatic carbocycles. The average Bonchev–Trinajstić information content (AvgIpc) is 1.53. The molecule has 0 spiro atoms. The van der Waals surface area contributed by atoms with Gasteiger partial charge in [0.25, 0.3) is 0 Å². The zero-order valence-corrected chi connectivity index (χ0v) is 80.7. The van der Waals surface area contributed by atoms with Crippen LogP contribution >= 0.6 is 11.3 Å². The number of benzene rings is 24. The Labute approximate surface area is 856 Å². The maximum absolute atomic E-state index is 6.50. The second-order valence-electron chi connectivity index (χ2n) is 38.3. The zero-order valence-electron chi connectivity index (χ0n) is 79.9. The monoisotopic (exact) mass is 1940 g/mol. The fourth-order valence-electron chi connectivity index (χ4n) is 22.5. The van der Waals surface area contributed by atoms with E-state index in [1.165, 1.54) is 20.2 Å². The van der Waals surface area contributed by atoms with Gasteiger partial charge < -0.3 is 50.0 Å². The van der Waals surface area contributed by atoms with Gasteiger partial charge in [0.2, 0.25) is 17.7 Å². The molecule has 0 aliphatic carbocycles. The molecule has 0 fully saturated rings. The van der Waals surface area contributed by atoms with Gasteiger partial charge in [-0.05, 0) is 267 Å². The minimum Gasteiger partial charge on any atom is -0.456 e. The Morgan fingerprint density at radius 2 is 0.393 bits per heavy atom. The number of oxazole rings is 3. The van der Waals surface area contributed by atoms with E-state index < -0.39 is 0 Å². The summed E-state index contributed by atoms with van der Waals surface area (Å²) >= 11 is 1.84. The van der Waals surface area contributed by atoms with E-state index in [1.54, 1.807) is 0 Å². The van der Waals surface area contributed by atoms with Crippen molar-refractivity contribution in [3.8, 4) is 34.4 Å². The summed E-state index contributed by atoms with van der Waals surface area (Å²) < 4.78 is 53.4. The summed E-state index contributed by atoms with van der Waals surface area (Å²) in [6.45, 7) is 0. The molecule has 33 rings (SSSR count). The number of hydrogen-bond donors (Lipinski definition) is 0. The summed E-state index contributed by atoms with van der Waals surface area (Å²) in [5.74, 6) is 1.87. The Hall–Kier alpha value is -20.1. The molecule has 0 saturated carbocycles. The van der Waals surface area contributed by atoms with Gasteiger partial charge in [-0.25, -0.2) is 15.0 Å². The summed E-state index contributed by atoms with van der Waals surface area (Å²) in [5, 5.41) is 26.7. The van der Waals surface area contributed by atoms with Crippen molar-refractivity contribution in [1.29, 1.82) is 0 Å². The summed E-state index contributed by atoms with van der Waals surface area (Å²) in [6.07, 6.45) is 0. The normalized spacial score (nSPS) is 12.0. The molecule has 33 aromatic rings. The largest absolute Gasteiger partial charge is 0.456 e. The SMILES string of the molecule is c1ccc(-c2nc3ccc4ccc5cc(N(c6ccc7c(c6)oc6ccccc67)c6ccc7c(c6)oc6ccccc67)ccc5c4c3o2)cc1.c1ccc(-c2nc3ccc4ccc5cc(N(c6ccc7c(c6)sc6ccccc67)c6ccc7oc8ccccc8c7c6)ccc5c4c3o2)cc1.c1ccc(-c2nc3ccc4ccc5cc(N(c6ccc7oc8ccccc8c7c6)c6ccc7oc8ccccc8c7c6)ccc5c4c3o2)cc1. The lowest BCUT2D eigenvalue weighted by Gasteiger charge is -2.26. The molecular weight excluding hydrogens is 1870 g/mol. The van der Waals surface area contributed by atoms with Crippen molar-refractivity contribution >= 4 is 290 Å². The molecule has 0 atom stereocenters. The van der Waals surface area contributed by atoms with Crippen LogP contribution in [0.1, 0.15) is 0 Å². The molecule has 15 heteroatoms. The van der Waals surface area contributed by atoms with Crippen LogP contribution < -0.4 is 14.7 Å². The molecule has 702 valence electrons. The van der Waals surface area contributed by atoms with Crippen LogP contribution in [0.5, 0.6) is 0 Å². The molecule has 9 aromatic heterocycles. The topological polar surface area (TPSA) is 154 Å². The van der Waals surface area contributed by atoms with Crippen molar-refractivity contribution in [3.63, 3.8) is 0 Å². The van der Waals surface area contributed by atoms with E-state index in [-0.39, 0.29) is 0 Å². The van der Waals surface area contributed by atoms with E-state index in [0.717, 1.165) is 276 Å². The molecule has 0 radical (unpaired) electrons. The van der Waals surface area contributed by atoms with Crippen LogP contribution in [0.25, 0.3) is 262 Å². The van der Waals surface area contributed by atoms with Crippen LogP contribution in [0.15, 0.2) is 509 Å². The molecule has 0 unspecified atom stereocenters. The first-order chi connectivity index (χ1) is 74.2. The van der Waals surface area contributed by atoms with E-state index in [9.17, 15) is 0 Å². The number of rotatable bonds is 12. The van der Waals surface area contributed by atoms with Crippen LogP contribution in [0.2, 0.25) is 0 Å². The number of fused-ring (bicyclic) bond motifs is 33. The first kappa shape index (κ1) is 84.4. The summed E-state index contributed by atoms with van der Waals surface area (Å²) in [4.78, 5) is 21.5. The smallest absolute Gasteiger partial charge is 0.227 e. The fraction of sp³-hybridized carbons (Fsp3) is 0. The van der Waals surface area contributed by atoms with Gasteiger partial charge in [-0.1, -0.05) is 243 Å². The highest BCUT2D eigenvalue weighted by Gasteiger charge is 2.27. The third-order valence-corrected chi connectivity index (χ3v) is 30.7. The number of aromatic nitrogens is 3. The van der Waals surface area contributed by atoms with Crippen LogP contribution in [-0.4, -0.2) is 15.0 Å².